The third-order valence-electron chi connectivity index (χ3n) is 2.60. The van der Waals surface area contributed by atoms with E-state index in [0.29, 0.717) is 11.3 Å². The number of aromatic amines is 1. The van der Waals surface area contributed by atoms with E-state index in [-0.39, 0.29) is 6.54 Å². The molecule has 1 heterocycles. The second-order valence-corrected chi connectivity index (χ2v) is 3.82. The van der Waals surface area contributed by atoms with Gasteiger partial charge in [-0.3, -0.25) is 5.10 Å². The van der Waals surface area contributed by atoms with Crippen LogP contribution in [0.25, 0.3) is 0 Å². The highest BCUT2D eigenvalue weighted by atomic mass is 19.2. The zero-order valence-electron chi connectivity index (χ0n) is 9.62. The molecule has 0 aliphatic carbocycles. The average molecular weight is 277 g/mol. The molecule has 0 unspecified atom stereocenters. The second-order valence-electron chi connectivity index (χ2n) is 3.82. The minimum atomic E-state index is -2.18. The topological polar surface area (TPSA) is 40.7 Å². The summed E-state index contributed by atoms with van der Waals surface area (Å²) in [6.45, 7) is 1.53. The number of rotatable bonds is 3. The molecule has 102 valence electrons. The van der Waals surface area contributed by atoms with E-state index in [1.165, 1.54) is 6.20 Å². The van der Waals surface area contributed by atoms with Gasteiger partial charge in [0.15, 0.2) is 23.3 Å². The molecule has 0 radical (unpaired) electrons. The lowest BCUT2D eigenvalue weighted by molar-refractivity contribution is 0.381. The highest BCUT2D eigenvalue weighted by molar-refractivity contribution is 5.48. The molecular formula is C11H8F5N3. The maximum atomic E-state index is 13.3. The van der Waals surface area contributed by atoms with Crippen LogP contribution in [0.3, 0.4) is 0 Å². The first-order valence-corrected chi connectivity index (χ1v) is 5.17. The summed E-state index contributed by atoms with van der Waals surface area (Å²) in [5.74, 6) is -9.93. The van der Waals surface area contributed by atoms with E-state index in [4.69, 9.17) is 0 Å². The predicted molar refractivity (Wildman–Crippen MR) is 56.9 cm³/mol. The lowest BCUT2D eigenvalue weighted by Gasteiger charge is -2.10. The smallest absolute Gasteiger partial charge is 0.200 e. The van der Waals surface area contributed by atoms with Gasteiger partial charge in [0.1, 0.15) is 5.69 Å². The van der Waals surface area contributed by atoms with Crippen molar-refractivity contribution in [1.29, 1.82) is 0 Å². The Kier molecular flexibility index (Phi) is 3.41. The molecule has 0 saturated carbocycles. The molecular weight excluding hydrogens is 269 g/mol. The van der Waals surface area contributed by atoms with Gasteiger partial charge in [0.25, 0.3) is 0 Å². The first-order chi connectivity index (χ1) is 8.93. The molecule has 3 nitrogen and oxygen atoms in total. The quantitative estimate of drug-likeness (QED) is 0.514. The summed E-state index contributed by atoms with van der Waals surface area (Å²) in [5.41, 5.74) is 0.109. The Morgan fingerprint density at radius 3 is 2.00 bits per heavy atom. The predicted octanol–water partition coefficient (Wildman–Crippen LogP) is 3.03. The van der Waals surface area contributed by atoms with Crippen molar-refractivity contribution in [2.24, 2.45) is 0 Å². The number of anilines is 1. The summed E-state index contributed by atoms with van der Waals surface area (Å²) in [7, 11) is 0. The van der Waals surface area contributed by atoms with Crippen molar-refractivity contribution >= 4 is 5.69 Å². The lowest BCUT2D eigenvalue weighted by atomic mass is 10.2. The van der Waals surface area contributed by atoms with E-state index in [0.717, 1.165) is 0 Å². The van der Waals surface area contributed by atoms with E-state index in [1.807, 2.05) is 0 Å². The van der Waals surface area contributed by atoms with Gasteiger partial charge in [-0.15, -0.1) is 0 Å². The van der Waals surface area contributed by atoms with Gasteiger partial charge in [-0.2, -0.15) is 5.10 Å². The van der Waals surface area contributed by atoms with Crippen molar-refractivity contribution in [3.8, 4) is 0 Å². The second kappa shape index (κ2) is 4.87. The number of H-pyrrole nitrogens is 1. The number of aryl methyl sites for hydroxylation is 1. The number of aromatic nitrogens is 2. The Hall–Kier alpha value is -2.12. The van der Waals surface area contributed by atoms with Gasteiger partial charge in [-0.05, 0) is 6.92 Å². The van der Waals surface area contributed by atoms with Crippen LogP contribution in [-0.2, 0) is 6.54 Å². The molecule has 8 heteroatoms. The molecule has 0 spiro atoms. The summed E-state index contributed by atoms with van der Waals surface area (Å²) in [6, 6.07) is 0. The van der Waals surface area contributed by atoms with Crippen molar-refractivity contribution in [3.05, 3.63) is 46.5 Å². The SMILES string of the molecule is Cc1[nH]ncc1CNc1c(F)c(F)c(F)c(F)c1F. The van der Waals surface area contributed by atoms with Gasteiger partial charge in [0, 0.05) is 17.8 Å². The van der Waals surface area contributed by atoms with Gasteiger partial charge in [0.05, 0.1) is 6.20 Å². The minimum Gasteiger partial charge on any atom is -0.376 e. The van der Waals surface area contributed by atoms with Crippen LogP contribution >= 0.6 is 0 Å². The summed E-state index contributed by atoms with van der Waals surface area (Å²) in [4.78, 5) is 0. The third kappa shape index (κ3) is 2.25. The van der Waals surface area contributed by atoms with Crippen LogP contribution in [-0.4, -0.2) is 10.2 Å². The van der Waals surface area contributed by atoms with Crippen molar-refractivity contribution in [1.82, 2.24) is 10.2 Å². The molecule has 19 heavy (non-hydrogen) atoms. The fourth-order valence-electron chi connectivity index (χ4n) is 1.50. The number of hydrogen-bond donors (Lipinski definition) is 2. The van der Waals surface area contributed by atoms with E-state index in [1.54, 1.807) is 6.92 Å². The van der Waals surface area contributed by atoms with Crippen molar-refractivity contribution in [3.63, 3.8) is 0 Å². The maximum absolute atomic E-state index is 13.3. The van der Waals surface area contributed by atoms with Gasteiger partial charge < -0.3 is 5.32 Å². The molecule has 0 aliphatic rings. The molecule has 1 aromatic carbocycles. The molecule has 0 fully saturated rings. The van der Waals surface area contributed by atoms with Crippen LogP contribution in [0.4, 0.5) is 27.6 Å². The first kappa shape index (κ1) is 13.3. The monoisotopic (exact) mass is 277 g/mol. The molecule has 0 saturated heterocycles. The molecule has 0 atom stereocenters. The van der Waals surface area contributed by atoms with E-state index in [9.17, 15) is 22.0 Å². The molecule has 2 rings (SSSR count). The molecule has 2 aromatic rings. The Morgan fingerprint density at radius 1 is 1.00 bits per heavy atom. The summed E-state index contributed by atoms with van der Waals surface area (Å²) in [5, 5.41) is 8.42. The van der Waals surface area contributed by atoms with Crippen molar-refractivity contribution in [2.45, 2.75) is 13.5 Å². The van der Waals surface area contributed by atoms with Crippen molar-refractivity contribution in [2.75, 3.05) is 5.32 Å². The number of benzene rings is 1. The zero-order chi connectivity index (χ0) is 14.2. The van der Waals surface area contributed by atoms with Crippen LogP contribution in [0.5, 0.6) is 0 Å². The van der Waals surface area contributed by atoms with Gasteiger partial charge in [-0.25, -0.2) is 22.0 Å². The summed E-state index contributed by atoms with van der Waals surface area (Å²) >= 11 is 0. The maximum Gasteiger partial charge on any atom is 0.200 e. The summed E-state index contributed by atoms with van der Waals surface area (Å²) in [6.07, 6.45) is 1.38. The van der Waals surface area contributed by atoms with Crippen LogP contribution in [0, 0.1) is 36.0 Å². The van der Waals surface area contributed by atoms with Crippen molar-refractivity contribution < 1.29 is 22.0 Å². The highest BCUT2D eigenvalue weighted by Crippen LogP contribution is 2.27. The van der Waals surface area contributed by atoms with E-state index >= 15 is 0 Å². The van der Waals surface area contributed by atoms with Crippen LogP contribution in [0.1, 0.15) is 11.3 Å². The molecule has 1 aromatic heterocycles. The first-order valence-electron chi connectivity index (χ1n) is 5.17. The Bertz CT molecular complexity index is 594. The minimum absolute atomic E-state index is 0.124. The lowest BCUT2D eigenvalue weighted by Crippen LogP contribution is -2.10. The molecule has 2 N–H and O–H groups in total. The normalized spacial score (nSPS) is 10.8. The third-order valence-corrected chi connectivity index (χ3v) is 2.60. The standard InChI is InChI=1S/C11H8F5N3/c1-4-5(3-18-19-4)2-17-11-9(15)7(13)6(12)8(14)10(11)16/h3,17H,2H2,1H3,(H,18,19). The largest absolute Gasteiger partial charge is 0.376 e. The van der Waals surface area contributed by atoms with Gasteiger partial charge >= 0.3 is 0 Å². The fourth-order valence-corrected chi connectivity index (χ4v) is 1.50. The van der Waals surface area contributed by atoms with E-state index < -0.39 is 34.8 Å². The molecule has 0 amide bonds. The van der Waals surface area contributed by atoms with Crippen LogP contribution in [0.15, 0.2) is 6.20 Å². The highest BCUT2D eigenvalue weighted by Gasteiger charge is 2.25. The number of nitrogens with one attached hydrogen (secondary N) is 2. The molecule has 0 aliphatic heterocycles. The van der Waals surface area contributed by atoms with E-state index in [2.05, 4.69) is 15.5 Å². The summed E-state index contributed by atoms with van der Waals surface area (Å²) < 4.78 is 65.3. The number of halogens is 5. The Labute approximate surface area is 104 Å². The number of hydrogen-bond acceptors (Lipinski definition) is 2. The van der Waals surface area contributed by atoms with Crippen LogP contribution < -0.4 is 5.32 Å². The fraction of sp³-hybridized carbons (Fsp3) is 0.182. The average Bonchev–Trinajstić information content (AvgIpc) is 2.80. The number of nitrogens with zero attached hydrogens (tertiary/aromatic N) is 1. The van der Waals surface area contributed by atoms with Crippen LogP contribution in [0.2, 0.25) is 0 Å². The Morgan fingerprint density at radius 2 is 1.53 bits per heavy atom. The van der Waals surface area contributed by atoms with Gasteiger partial charge in [-0.1, -0.05) is 0 Å². The Balaban J connectivity index is 2.33. The van der Waals surface area contributed by atoms with Gasteiger partial charge in [0.2, 0.25) is 5.82 Å². The molecule has 0 bridgehead atoms. The zero-order valence-corrected chi connectivity index (χ0v) is 9.62.